The highest BCUT2D eigenvalue weighted by atomic mass is 32.1. The number of para-hydroxylation sites is 1. The van der Waals surface area contributed by atoms with Gasteiger partial charge in [0, 0.05) is 27.5 Å². The van der Waals surface area contributed by atoms with Crippen molar-refractivity contribution in [3.8, 4) is 22.1 Å². The van der Waals surface area contributed by atoms with Crippen molar-refractivity contribution in [2.45, 2.75) is 20.5 Å². The first-order valence-corrected chi connectivity index (χ1v) is 10.5. The highest BCUT2D eigenvalue weighted by Gasteiger charge is 2.18. The number of aromatic amines is 1. The lowest BCUT2D eigenvalue weighted by Crippen LogP contribution is -2.06. The van der Waals surface area contributed by atoms with E-state index in [-0.39, 0.29) is 12.6 Å². The van der Waals surface area contributed by atoms with E-state index in [1.807, 2.05) is 61.7 Å². The molecule has 0 aliphatic heterocycles. The Morgan fingerprint density at radius 2 is 2.00 bits per heavy atom. The molecule has 4 rings (SSSR count). The Kier molecular flexibility index (Phi) is 5.72. The molecule has 0 amide bonds. The van der Waals surface area contributed by atoms with Crippen LogP contribution in [0.25, 0.3) is 21.5 Å². The molecule has 0 saturated carbocycles. The number of H-pyrrole nitrogens is 1. The number of ether oxygens (including phenoxy) is 3. The molecule has 0 spiro atoms. The fraction of sp³-hybridized carbons (Fsp3) is 0.217. The summed E-state index contributed by atoms with van der Waals surface area (Å²) in [4.78, 5) is 20.5. The van der Waals surface area contributed by atoms with Crippen LogP contribution in [0.15, 0.2) is 47.8 Å². The smallest absolute Gasteiger partial charge is 0.340 e. The van der Waals surface area contributed by atoms with E-state index in [4.69, 9.17) is 14.2 Å². The number of esters is 1. The predicted molar refractivity (Wildman–Crippen MR) is 117 cm³/mol. The van der Waals surface area contributed by atoms with Crippen LogP contribution >= 0.6 is 11.3 Å². The Hall–Kier alpha value is -3.32. The molecule has 0 radical (unpaired) electrons. The number of thiazole rings is 1. The molecule has 0 saturated heterocycles. The van der Waals surface area contributed by atoms with Crippen molar-refractivity contribution in [1.82, 2.24) is 9.97 Å². The molecule has 4 aromatic rings. The van der Waals surface area contributed by atoms with Gasteiger partial charge in [-0.15, -0.1) is 11.3 Å². The molecule has 2 heterocycles. The van der Waals surface area contributed by atoms with Crippen LogP contribution in [0.2, 0.25) is 0 Å². The Morgan fingerprint density at radius 1 is 1.17 bits per heavy atom. The van der Waals surface area contributed by atoms with Gasteiger partial charge in [0.15, 0.2) is 11.5 Å². The van der Waals surface area contributed by atoms with Gasteiger partial charge in [-0.1, -0.05) is 18.2 Å². The predicted octanol–water partition coefficient (Wildman–Crippen LogP) is 5.36. The lowest BCUT2D eigenvalue weighted by Gasteiger charge is -2.09. The number of aromatic nitrogens is 2. The summed E-state index contributed by atoms with van der Waals surface area (Å²) in [6, 6.07) is 13.4. The zero-order chi connectivity index (χ0) is 21.1. The molecule has 154 valence electrons. The van der Waals surface area contributed by atoms with Crippen LogP contribution in [0.4, 0.5) is 0 Å². The maximum Gasteiger partial charge on any atom is 0.340 e. The molecule has 6 nitrogen and oxygen atoms in total. The summed E-state index contributed by atoms with van der Waals surface area (Å²) in [6.45, 7) is 4.48. The average molecular weight is 423 g/mol. The third kappa shape index (κ3) is 3.89. The Bertz CT molecular complexity index is 1200. The van der Waals surface area contributed by atoms with E-state index in [9.17, 15) is 4.79 Å². The van der Waals surface area contributed by atoms with Crippen molar-refractivity contribution in [1.29, 1.82) is 0 Å². The molecule has 0 atom stereocenters. The lowest BCUT2D eigenvalue weighted by atomic mass is 10.1. The van der Waals surface area contributed by atoms with Gasteiger partial charge in [0.25, 0.3) is 0 Å². The molecule has 30 heavy (non-hydrogen) atoms. The first-order chi connectivity index (χ1) is 14.6. The second-order valence-electron chi connectivity index (χ2n) is 6.69. The van der Waals surface area contributed by atoms with Crippen LogP contribution < -0.4 is 9.47 Å². The van der Waals surface area contributed by atoms with Gasteiger partial charge in [-0.2, -0.15) is 0 Å². The topological polar surface area (TPSA) is 73.4 Å². The number of hydrogen-bond acceptors (Lipinski definition) is 6. The summed E-state index contributed by atoms with van der Waals surface area (Å²) < 4.78 is 16.5. The minimum atomic E-state index is -0.359. The third-order valence-electron chi connectivity index (χ3n) is 4.71. The van der Waals surface area contributed by atoms with Crippen LogP contribution in [0, 0.1) is 6.92 Å². The van der Waals surface area contributed by atoms with Crippen molar-refractivity contribution >= 4 is 28.2 Å². The zero-order valence-corrected chi connectivity index (χ0v) is 17.8. The fourth-order valence-corrected chi connectivity index (χ4v) is 4.13. The van der Waals surface area contributed by atoms with Crippen LogP contribution in [0.3, 0.4) is 0 Å². The van der Waals surface area contributed by atoms with E-state index in [2.05, 4.69) is 9.97 Å². The maximum absolute atomic E-state index is 12.7. The van der Waals surface area contributed by atoms with Crippen molar-refractivity contribution in [2.24, 2.45) is 0 Å². The van der Waals surface area contributed by atoms with E-state index >= 15 is 0 Å². The second-order valence-corrected chi connectivity index (χ2v) is 7.55. The van der Waals surface area contributed by atoms with E-state index in [0.29, 0.717) is 29.4 Å². The van der Waals surface area contributed by atoms with Crippen molar-refractivity contribution in [3.63, 3.8) is 0 Å². The molecule has 1 N–H and O–H groups in total. The Morgan fingerprint density at radius 3 is 2.80 bits per heavy atom. The number of fused-ring (bicyclic) bond motifs is 1. The van der Waals surface area contributed by atoms with Gasteiger partial charge >= 0.3 is 5.97 Å². The minimum absolute atomic E-state index is 0.114. The summed E-state index contributed by atoms with van der Waals surface area (Å²) in [7, 11) is 1.61. The number of carbonyl (C=O) groups excluding carboxylic acids is 1. The van der Waals surface area contributed by atoms with Crippen LogP contribution in [0.1, 0.15) is 28.7 Å². The van der Waals surface area contributed by atoms with Crippen molar-refractivity contribution < 1.29 is 19.0 Å². The first-order valence-electron chi connectivity index (χ1n) is 9.60. The van der Waals surface area contributed by atoms with E-state index in [1.165, 1.54) is 11.3 Å². The van der Waals surface area contributed by atoms with Crippen LogP contribution in [-0.4, -0.2) is 29.7 Å². The maximum atomic E-state index is 12.7. The largest absolute Gasteiger partial charge is 0.493 e. The van der Waals surface area contributed by atoms with Gasteiger partial charge in [0.2, 0.25) is 0 Å². The average Bonchev–Trinajstić information content (AvgIpc) is 3.36. The van der Waals surface area contributed by atoms with Crippen molar-refractivity contribution in [3.05, 3.63) is 64.8 Å². The number of methoxy groups -OCH3 is 1. The lowest BCUT2D eigenvalue weighted by molar-refractivity contribution is 0.0470. The van der Waals surface area contributed by atoms with Gasteiger partial charge in [-0.05, 0) is 38.1 Å². The number of benzene rings is 2. The second kappa shape index (κ2) is 8.59. The normalized spacial score (nSPS) is 10.9. The van der Waals surface area contributed by atoms with Crippen molar-refractivity contribution in [2.75, 3.05) is 13.7 Å². The highest BCUT2D eigenvalue weighted by molar-refractivity contribution is 7.13. The standard InChI is InChI=1S/C23H22N2O4S/c1-4-28-19-10-9-15(11-20(19)27-3)22-25-16(13-30-22)12-29-23(26)21-14(2)24-18-8-6-5-7-17(18)21/h5-11,13,24H,4,12H2,1-3H3. The number of rotatable bonds is 7. The molecular weight excluding hydrogens is 400 g/mol. The molecule has 0 aliphatic rings. The van der Waals surface area contributed by atoms with Crippen LogP contribution in [0.5, 0.6) is 11.5 Å². The fourth-order valence-electron chi connectivity index (χ4n) is 3.33. The van der Waals surface area contributed by atoms with E-state index in [1.54, 1.807) is 7.11 Å². The molecule has 2 aromatic heterocycles. The zero-order valence-electron chi connectivity index (χ0n) is 17.0. The molecule has 0 bridgehead atoms. The van der Waals surface area contributed by atoms with Gasteiger partial charge < -0.3 is 19.2 Å². The number of nitrogens with one attached hydrogen (secondary N) is 1. The molecule has 0 fully saturated rings. The minimum Gasteiger partial charge on any atom is -0.493 e. The quantitative estimate of drug-likeness (QED) is 0.406. The molecular formula is C23H22N2O4S. The molecule has 0 unspecified atom stereocenters. The first kappa shape index (κ1) is 20.0. The van der Waals surface area contributed by atoms with E-state index in [0.717, 1.165) is 27.2 Å². The van der Waals surface area contributed by atoms with Gasteiger partial charge in [0.05, 0.1) is 25.0 Å². The Balaban J connectivity index is 1.48. The number of aryl methyl sites for hydroxylation is 1. The number of hydrogen-bond donors (Lipinski definition) is 1. The molecule has 0 aliphatic carbocycles. The number of nitrogens with zero attached hydrogens (tertiary/aromatic N) is 1. The summed E-state index contributed by atoms with van der Waals surface area (Å²) in [5.74, 6) is 0.998. The summed E-state index contributed by atoms with van der Waals surface area (Å²) in [6.07, 6.45) is 0. The molecule has 7 heteroatoms. The monoisotopic (exact) mass is 422 g/mol. The summed E-state index contributed by atoms with van der Waals surface area (Å²) in [5.41, 5.74) is 3.90. The van der Waals surface area contributed by atoms with Gasteiger partial charge in [-0.25, -0.2) is 9.78 Å². The third-order valence-corrected chi connectivity index (χ3v) is 5.65. The van der Waals surface area contributed by atoms with Gasteiger partial charge in [-0.3, -0.25) is 0 Å². The number of carbonyl (C=O) groups is 1. The van der Waals surface area contributed by atoms with Crippen LogP contribution in [-0.2, 0) is 11.3 Å². The molecule has 2 aromatic carbocycles. The SMILES string of the molecule is CCOc1ccc(-c2nc(COC(=O)c3c(C)[nH]c4ccccc34)cs2)cc1OC. The highest BCUT2D eigenvalue weighted by Crippen LogP contribution is 2.34. The summed E-state index contributed by atoms with van der Waals surface area (Å²) >= 11 is 1.49. The van der Waals surface area contributed by atoms with Gasteiger partial charge in [0.1, 0.15) is 11.6 Å². The Labute approximate surface area is 178 Å². The summed E-state index contributed by atoms with van der Waals surface area (Å²) in [5, 5.41) is 3.58. The van der Waals surface area contributed by atoms with E-state index < -0.39 is 0 Å².